The summed E-state index contributed by atoms with van der Waals surface area (Å²) in [5.41, 5.74) is 1.60. The van der Waals surface area contributed by atoms with Gasteiger partial charge >= 0.3 is 0 Å². The van der Waals surface area contributed by atoms with E-state index in [1.54, 1.807) is 4.88 Å². The Kier molecular flexibility index (Phi) is 2.99. The van der Waals surface area contributed by atoms with E-state index in [1.807, 2.05) is 11.3 Å². The number of fused-ring (bicyclic) bond motifs is 1. The van der Waals surface area contributed by atoms with Crippen molar-refractivity contribution < 1.29 is 0 Å². The summed E-state index contributed by atoms with van der Waals surface area (Å²) < 4.78 is 0. The summed E-state index contributed by atoms with van der Waals surface area (Å²) in [7, 11) is 0. The first-order valence-electron chi connectivity index (χ1n) is 7.00. The van der Waals surface area contributed by atoms with Crippen molar-refractivity contribution in [3.05, 3.63) is 15.6 Å². The highest BCUT2D eigenvalue weighted by atomic mass is 32.1. The fourth-order valence-electron chi connectivity index (χ4n) is 3.53. The Balaban J connectivity index is 1.97. The van der Waals surface area contributed by atoms with Crippen LogP contribution in [-0.4, -0.2) is 11.5 Å². The zero-order chi connectivity index (χ0) is 11.9. The van der Waals surface area contributed by atoms with Gasteiger partial charge < -0.3 is 5.32 Å². The van der Waals surface area contributed by atoms with Gasteiger partial charge in [-0.25, -0.2) is 4.98 Å². The number of thiazole rings is 1. The van der Waals surface area contributed by atoms with E-state index in [0.717, 1.165) is 12.5 Å². The highest BCUT2D eigenvalue weighted by molar-refractivity contribution is 7.12. The van der Waals surface area contributed by atoms with Crippen LogP contribution in [-0.2, 0) is 18.4 Å². The molecule has 1 aromatic heterocycles. The van der Waals surface area contributed by atoms with Gasteiger partial charge in [0.1, 0.15) is 5.01 Å². The van der Waals surface area contributed by atoms with Crippen molar-refractivity contribution in [2.75, 3.05) is 6.54 Å². The second-order valence-corrected chi connectivity index (χ2v) is 6.62. The molecule has 0 spiro atoms. The maximum Gasteiger partial charge on any atom is 0.114 e. The van der Waals surface area contributed by atoms with E-state index in [4.69, 9.17) is 4.98 Å². The molecular weight excluding hydrogens is 228 g/mol. The van der Waals surface area contributed by atoms with E-state index >= 15 is 0 Å². The van der Waals surface area contributed by atoms with Gasteiger partial charge in [-0.3, -0.25) is 0 Å². The van der Waals surface area contributed by atoms with E-state index < -0.39 is 0 Å². The van der Waals surface area contributed by atoms with Crippen molar-refractivity contribution in [2.45, 2.75) is 57.9 Å². The summed E-state index contributed by atoms with van der Waals surface area (Å²) in [4.78, 5) is 6.54. The van der Waals surface area contributed by atoms with Crippen LogP contribution in [0.2, 0.25) is 0 Å². The molecule has 1 heterocycles. The van der Waals surface area contributed by atoms with Crippen molar-refractivity contribution in [3.8, 4) is 0 Å². The molecular formula is C14H22N2S. The smallest absolute Gasteiger partial charge is 0.114 e. The molecule has 2 aliphatic rings. The third-order valence-electron chi connectivity index (χ3n) is 4.52. The van der Waals surface area contributed by atoms with Crippen molar-refractivity contribution in [3.63, 3.8) is 0 Å². The molecule has 2 aliphatic carbocycles. The Labute approximate surface area is 108 Å². The minimum Gasteiger partial charge on any atom is -0.305 e. The van der Waals surface area contributed by atoms with Crippen LogP contribution < -0.4 is 5.32 Å². The lowest BCUT2D eigenvalue weighted by Crippen LogP contribution is -2.44. The molecule has 2 nitrogen and oxygen atoms in total. The lowest BCUT2D eigenvalue weighted by atomic mass is 9.89. The highest BCUT2D eigenvalue weighted by Crippen LogP contribution is 2.46. The predicted molar refractivity (Wildman–Crippen MR) is 72.5 cm³/mol. The lowest BCUT2D eigenvalue weighted by Gasteiger charge is -2.32. The largest absolute Gasteiger partial charge is 0.305 e. The standard InChI is InChI=1S/C14H22N2S/c1-3-15-14(9-5-6-10(14)2)13-16-11-7-4-8-12(11)17-13/h10,15H,3-9H2,1-2H3. The molecule has 0 aromatic carbocycles. The van der Waals surface area contributed by atoms with E-state index in [0.29, 0.717) is 0 Å². The van der Waals surface area contributed by atoms with Gasteiger partial charge in [0.15, 0.2) is 0 Å². The van der Waals surface area contributed by atoms with E-state index in [2.05, 4.69) is 19.2 Å². The number of hydrogen-bond acceptors (Lipinski definition) is 3. The predicted octanol–water partition coefficient (Wildman–Crippen LogP) is 3.26. The summed E-state index contributed by atoms with van der Waals surface area (Å²) in [6, 6.07) is 0. The summed E-state index contributed by atoms with van der Waals surface area (Å²) in [6.45, 7) is 5.66. The van der Waals surface area contributed by atoms with Crippen LogP contribution in [0.1, 0.15) is 55.1 Å². The molecule has 1 aromatic rings. The fourth-order valence-corrected chi connectivity index (χ4v) is 4.99. The van der Waals surface area contributed by atoms with E-state index in [9.17, 15) is 0 Å². The summed E-state index contributed by atoms with van der Waals surface area (Å²) in [6.07, 6.45) is 7.76. The van der Waals surface area contributed by atoms with Crippen LogP contribution in [0, 0.1) is 5.92 Å². The van der Waals surface area contributed by atoms with Gasteiger partial charge in [-0.1, -0.05) is 20.3 Å². The molecule has 0 aliphatic heterocycles. The van der Waals surface area contributed by atoms with Gasteiger partial charge in [-0.2, -0.15) is 0 Å². The van der Waals surface area contributed by atoms with Gasteiger partial charge in [0.05, 0.1) is 11.2 Å². The topological polar surface area (TPSA) is 24.9 Å². The molecule has 0 saturated heterocycles. The van der Waals surface area contributed by atoms with Gasteiger partial charge in [0.25, 0.3) is 0 Å². The van der Waals surface area contributed by atoms with Crippen molar-refractivity contribution in [2.24, 2.45) is 5.92 Å². The molecule has 0 amide bonds. The average Bonchev–Trinajstić information content (AvgIpc) is 2.93. The first-order chi connectivity index (χ1) is 8.26. The van der Waals surface area contributed by atoms with Gasteiger partial charge in [-0.05, 0) is 44.6 Å². The fraction of sp³-hybridized carbons (Fsp3) is 0.786. The monoisotopic (exact) mass is 250 g/mol. The number of rotatable bonds is 3. The van der Waals surface area contributed by atoms with Gasteiger partial charge in [0, 0.05) is 4.88 Å². The Hall–Kier alpha value is -0.410. The molecule has 2 atom stereocenters. The summed E-state index contributed by atoms with van der Waals surface area (Å²) in [5.74, 6) is 0.730. The maximum absolute atomic E-state index is 4.97. The molecule has 17 heavy (non-hydrogen) atoms. The number of aryl methyl sites for hydroxylation is 2. The number of nitrogens with zero attached hydrogens (tertiary/aromatic N) is 1. The molecule has 94 valence electrons. The molecule has 0 bridgehead atoms. The van der Waals surface area contributed by atoms with Gasteiger partial charge in [0.2, 0.25) is 0 Å². The maximum atomic E-state index is 4.97. The summed E-state index contributed by atoms with van der Waals surface area (Å²) in [5, 5.41) is 5.14. The van der Waals surface area contributed by atoms with Crippen LogP contribution in [0.15, 0.2) is 0 Å². The Morgan fingerprint density at radius 3 is 2.94 bits per heavy atom. The van der Waals surface area contributed by atoms with Crippen LogP contribution in [0.25, 0.3) is 0 Å². The Morgan fingerprint density at radius 1 is 1.41 bits per heavy atom. The van der Waals surface area contributed by atoms with Crippen LogP contribution in [0.3, 0.4) is 0 Å². The quantitative estimate of drug-likeness (QED) is 0.890. The molecule has 3 rings (SSSR count). The van der Waals surface area contributed by atoms with Crippen molar-refractivity contribution in [1.82, 2.24) is 10.3 Å². The molecule has 2 unspecified atom stereocenters. The third kappa shape index (κ3) is 1.75. The second-order valence-electron chi connectivity index (χ2n) is 5.54. The Morgan fingerprint density at radius 2 is 2.29 bits per heavy atom. The number of hydrogen-bond donors (Lipinski definition) is 1. The first-order valence-corrected chi connectivity index (χ1v) is 7.82. The zero-order valence-electron chi connectivity index (χ0n) is 10.9. The second kappa shape index (κ2) is 4.36. The van der Waals surface area contributed by atoms with E-state index in [-0.39, 0.29) is 5.54 Å². The summed E-state index contributed by atoms with van der Waals surface area (Å²) >= 11 is 1.99. The van der Waals surface area contributed by atoms with Crippen molar-refractivity contribution >= 4 is 11.3 Å². The molecule has 1 fully saturated rings. The van der Waals surface area contributed by atoms with Crippen LogP contribution in [0.4, 0.5) is 0 Å². The SMILES string of the molecule is CCNC1(c2nc3c(s2)CCC3)CCCC1C. The van der Waals surface area contributed by atoms with E-state index in [1.165, 1.54) is 49.2 Å². The zero-order valence-corrected chi connectivity index (χ0v) is 11.7. The number of nitrogens with one attached hydrogen (secondary N) is 1. The molecule has 0 radical (unpaired) electrons. The Bertz CT molecular complexity index is 391. The molecule has 1 saturated carbocycles. The van der Waals surface area contributed by atoms with Crippen molar-refractivity contribution in [1.29, 1.82) is 0 Å². The highest BCUT2D eigenvalue weighted by Gasteiger charge is 2.44. The minimum atomic E-state index is 0.198. The molecule has 3 heteroatoms. The average molecular weight is 250 g/mol. The van der Waals surface area contributed by atoms with Gasteiger partial charge in [-0.15, -0.1) is 11.3 Å². The number of aromatic nitrogens is 1. The third-order valence-corrected chi connectivity index (χ3v) is 5.85. The van der Waals surface area contributed by atoms with Crippen LogP contribution >= 0.6 is 11.3 Å². The normalized spacial score (nSPS) is 32.0. The molecule has 1 N–H and O–H groups in total. The first kappa shape index (κ1) is 11.7. The lowest BCUT2D eigenvalue weighted by molar-refractivity contribution is 0.267. The minimum absolute atomic E-state index is 0.198. The van der Waals surface area contributed by atoms with Crippen LogP contribution in [0.5, 0.6) is 0 Å².